The number of fused-ring (bicyclic) bond motifs is 2. The van der Waals surface area contributed by atoms with Crippen molar-refractivity contribution in [3.8, 4) is 0 Å². The summed E-state index contributed by atoms with van der Waals surface area (Å²) in [6.45, 7) is 6.34. The normalized spacial score (nSPS) is 11.2. The average molecular weight is 316 g/mol. The molecule has 0 heterocycles. The molecule has 0 aliphatic rings. The summed E-state index contributed by atoms with van der Waals surface area (Å²) in [5.41, 5.74) is 2.79. The number of unbranched alkanes of at least 4 members (excludes halogenated alkanes) is 5. The summed E-state index contributed by atoms with van der Waals surface area (Å²) < 4.78 is 0. The Labute approximate surface area is 146 Å². The first kappa shape index (κ1) is 16.8. The maximum absolute atomic E-state index is 4.06. The highest BCUT2D eigenvalue weighted by atomic mass is 14.1. The van der Waals surface area contributed by atoms with E-state index in [4.69, 9.17) is 0 Å². The van der Waals surface area contributed by atoms with Crippen LogP contribution in [-0.4, -0.2) is 0 Å². The second kappa shape index (κ2) is 8.15. The van der Waals surface area contributed by atoms with Gasteiger partial charge in [0.2, 0.25) is 0 Å². The Bertz CT molecular complexity index is 769. The van der Waals surface area contributed by atoms with Gasteiger partial charge in [-0.2, -0.15) is 0 Å². The lowest BCUT2D eigenvalue weighted by atomic mass is 9.89. The minimum absolute atomic E-state index is 1.17. The van der Waals surface area contributed by atoms with Gasteiger partial charge in [-0.15, -0.1) is 0 Å². The first-order chi connectivity index (χ1) is 11.9. The van der Waals surface area contributed by atoms with Crippen LogP contribution in [0.25, 0.3) is 27.6 Å². The molecule has 0 fully saturated rings. The van der Waals surface area contributed by atoms with Crippen LogP contribution in [0, 0.1) is 0 Å². The van der Waals surface area contributed by atoms with Gasteiger partial charge in [0.25, 0.3) is 0 Å². The third-order valence-corrected chi connectivity index (χ3v) is 5.07. The first-order valence-corrected chi connectivity index (χ1v) is 9.41. The van der Waals surface area contributed by atoms with Crippen LogP contribution in [0.2, 0.25) is 0 Å². The molecule has 124 valence electrons. The third-order valence-electron chi connectivity index (χ3n) is 5.07. The summed E-state index contributed by atoms with van der Waals surface area (Å²) >= 11 is 0. The van der Waals surface area contributed by atoms with E-state index in [2.05, 4.69) is 62.0 Å². The molecule has 0 spiro atoms. The molecule has 0 atom stereocenters. The van der Waals surface area contributed by atoms with Gasteiger partial charge in [0, 0.05) is 0 Å². The second-order valence-corrected chi connectivity index (χ2v) is 6.71. The molecule has 0 unspecified atom stereocenters. The van der Waals surface area contributed by atoms with Crippen molar-refractivity contribution in [1.82, 2.24) is 0 Å². The fourth-order valence-corrected chi connectivity index (χ4v) is 3.82. The van der Waals surface area contributed by atoms with E-state index in [0.29, 0.717) is 0 Å². The molecule has 24 heavy (non-hydrogen) atoms. The van der Waals surface area contributed by atoms with Crippen molar-refractivity contribution in [3.63, 3.8) is 0 Å². The zero-order valence-corrected chi connectivity index (χ0v) is 14.9. The lowest BCUT2D eigenvalue weighted by molar-refractivity contribution is 0.609. The van der Waals surface area contributed by atoms with Crippen LogP contribution in [0.1, 0.15) is 56.6 Å². The largest absolute Gasteiger partial charge is 0.0984 e. The summed E-state index contributed by atoms with van der Waals surface area (Å²) in [6.07, 6.45) is 11.3. The predicted molar refractivity (Wildman–Crippen MR) is 109 cm³/mol. The Hall–Kier alpha value is -2.08. The lowest BCUT2D eigenvalue weighted by Gasteiger charge is -2.15. The van der Waals surface area contributed by atoms with Crippen molar-refractivity contribution in [1.29, 1.82) is 0 Å². The van der Waals surface area contributed by atoms with Gasteiger partial charge in [-0.3, -0.25) is 0 Å². The lowest BCUT2D eigenvalue weighted by Crippen LogP contribution is -1.94. The fourth-order valence-electron chi connectivity index (χ4n) is 3.82. The summed E-state index contributed by atoms with van der Waals surface area (Å²) in [7, 11) is 0. The monoisotopic (exact) mass is 316 g/mol. The highest BCUT2D eigenvalue weighted by molar-refractivity contribution is 6.09. The van der Waals surface area contributed by atoms with Gasteiger partial charge in [0.05, 0.1) is 0 Å². The molecule has 0 saturated heterocycles. The Morgan fingerprint density at radius 1 is 0.708 bits per heavy atom. The van der Waals surface area contributed by atoms with Crippen LogP contribution in [0.3, 0.4) is 0 Å². The number of hydrogen-bond donors (Lipinski definition) is 0. The van der Waals surface area contributed by atoms with Crippen LogP contribution in [-0.2, 0) is 6.42 Å². The summed E-state index contributed by atoms with van der Waals surface area (Å²) in [5, 5.41) is 5.48. The second-order valence-electron chi connectivity index (χ2n) is 6.71. The van der Waals surface area contributed by atoms with Gasteiger partial charge in [-0.1, -0.05) is 100 Å². The van der Waals surface area contributed by atoms with E-state index in [1.807, 2.05) is 6.08 Å². The van der Waals surface area contributed by atoms with Gasteiger partial charge in [0.1, 0.15) is 0 Å². The van der Waals surface area contributed by atoms with Crippen LogP contribution in [0.15, 0.2) is 55.1 Å². The molecular weight excluding hydrogens is 288 g/mol. The van der Waals surface area contributed by atoms with Gasteiger partial charge >= 0.3 is 0 Å². The Balaban J connectivity index is 1.97. The summed E-state index contributed by atoms with van der Waals surface area (Å²) in [4.78, 5) is 0. The molecule has 0 N–H and O–H groups in total. The van der Waals surface area contributed by atoms with Gasteiger partial charge in [-0.25, -0.2) is 0 Å². The zero-order valence-electron chi connectivity index (χ0n) is 14.9. The van der Waals surface area contributed by atoms with Crippen LogP contribution >= 0.6 is 0 Å². The number of benzene rings is 3. The maximum atomic E-state index is 4.06. The highest BCUT2D eigenvalue weighted by Gasteiger charge is 2.11. The highest BCUT2D eigenvalue weighted by Crippen LogP contribution is 2.34. The Kier molecular flexibility index (Phi) is 5.69. The number of aryl methyl sites for hydroxylation is 1. The van der Waals surface area contributed by atoms with E-state index in [1.54, 1.807) is 0 Å². The third kappa shape index (κ3) is 3.38. The Morgan fingerprint density at radius 3 is 1.75 bits per heavy atom. The number of hydrogen-bond acceptors (Lipinski definition) is 0. The molecule has 3 aromatic carbocycles. The maximum Gasteiger partial charge on any atom is -0.0102 e. The van der Waals surface area contributed by atoms with Crippen LogP contribution in [0.5, 0.6) is 0 Å². The van der Waals surface area contributed by atoms with Crippen molar-refractivity contribution >= 4 is 27.6 Å². The molecule has 0 bridgehead atoms. The molecule has 0 heteroatoms. The fraction of sp³-hybridized carbons (Fsp3) is 0.333. The molecule has 3 rings (SSSR count). The summed E-state index contributed by atoms with van der Waals surface area (Å²) in [5.74, 6) is 0. The molecule has 0 radical (unpaired) electrons. The van der Waals surface area contributed by atoms with Gasteiger partial charge in [0.15, 0.2) is 0 Å². The standard InChI is InChI=1S/C24H28/c1-3-5-6-7-8-9-14-24-22-17-12-10-15-20(22)19(4-2)21-16-11-13-18-23(21)24/h4,10-13,15-18H,2-3,5-9,14H2,1H3. The topological polar surface area (TPSA) is 0 Å². The smallest absolute Gasteiger partial charge is 0.0102 e. The molecule has 0 amide bonds. The minimum Gasteiger partial charge on any atom is -0.0984 e. The molecule has 0 aliphatic heterocycles. The van der Waals surface area contributed by atoms with E-state index in [0.717, 1.165) is 0 Å². The molecule has 0 aliphatic carbocycles. The first-order valence-electron chi connectivity index (χ1n) is 9.41. The molecule has 0 nitrogen and oxygen atoms in total. The SMILES string of the molecule is C=Cc1c2ccccc2c(CCCCCCCC)c2ccccc12. The molecule has 3 aromatic rings. The minimum atomic E-state index is 1.17. The van der Waals surface area contributed by atoms with Gasteiger partial charge < -0.3 is 0 Å². The predicted octanol–water partition coefficient (Wildman–Crippen LogP) is 7.54. The average Bonchev–Trinajstić information content (AvgIpc) is 2.63. The van der Waals surface area contributed by atoms with Crippen molar-refractivity contribution in [2.45, 2.75) is 51.9 Å². The van der Waals surface area contributed by atoms with E-state index in [-0.39, 0.29) is 0 Å². The molecule has 0 aromatic heterocycles. The quantitative estimate of drug-likeness (QED) is 0.297. The van der Waals surface area contributed by atoms with Crippen molar-refractivity contribution < 1.29 is 0 Å². The van der Waals surface area contributed by atoms with E-state index in [1.165, 1.54) is 77.6 Å². The van der Waals surface area contributed by atoms with Crippen molar-refractivity contribution in [3.05, 3.63) is 66.2 Å². The molecular formula is C24H28. The number of rotatable bonds is 8. The molecule has 0 saturated carbocycles. The van der Waals surface area contributed by atoms with Crippen LogP contribution < -0.4 is 0 Å². The van der Waals surface area contributed by atoms with Crippen molar-refractivity contribution in [2.75, 3.05) is 0 Å². The van der Waals surface area contributed by atoms with E-state index < -0.39 is 0 Å². The van der Waals surface area contributed by atoms with Crippen molar-refractivity contribution in [2.24, 2.45) is 0 Å². The van der Waals surface area contributed by atoms with E-state index in [9.17, 15) is 0 Å². The summed E-state index contributed by atoms with van der Waals surface area (Å²) in [6, 6.07) is 17.6. The zero-order chi connectivity index (χ0) is 16.8. The van der Waals surface area contributed by atoms with Gasteiger partial charge in [-0.05, 0) is 45.5 Å². The van der Waals surface area contributed by atoms with Crippen LogP contribution in [0.4, 0.5) is 0 Å². The Morgan fingerprint density at radius 2 is 1.21 bits per heavy atom. The van der Waals surface area contributed by atoms with E-state index >= 15 is 0 Å².